The third-order valence-corrected chi connectivity index (χ3v) is 28.7. The van der Waals surface area contributed by atoms with Crippen LogP contribution in [0.3, 0.4) is 0 Å². The Bertz CT molecular complexity index is 4030. The molecule has 0 bridgehead atoms. The molecule has 464 valence electrons. The van der Waals surface area contributed by atoms with E-state index >= 15 is 0 Å². The van der Waals surface area contributed by atoms with Crippen LogP contribution in [0.1, 0.15) is 73.9 Å². The summed E-state index contributed by atoms with van der Waals surface area (Å²) in [4.78, 5) is 22.9. The molecule has 0 aliphatic carbocycles. The molecule has 0 amide bonds. The number of para-hydroxylation sites is 2. The van der Waals surface area contributed by atoms with Gasteiger partial charge in [0.2, 0.25) is 0 Å². The smallest absolute Gasteiger partial charge is 0.178 e. The van der Waals surface area contributed by atoms with Gasteiger partial charge in [0.25, 0.3) is 0 Å². The molecular formula is C78H78N8Pd2Si2-6. The van der Waals surface area contributed by atoms with Crippen LogP contribution in [0, 0.1) is 37.6 Å². The standard InChI is InChI=1S/C42H35N4Si.C35H39N4Si.CH4.2Pd/c1-42(2)37-21-7-9-23-39(37)47(41-25-11-12-26-43-41,40-24-10-8-22-38(40)42)36-20-14-19-35(30-36)46(32-15-5-4-6-16-32)34-18-13-17-33(29-34)45-28-27-44(3)31-45;1-34(2,3)40(35(4,5)6,33-21-11-12-22-36-33)32-20-14-19-31(26-32)39(28-15-9-8-10-16-28)30-18-13-17-29(25-30)38-24-23-37(7)27-38;;;/h4-28,31H,1-3H3;8-24,27H,1-7H3;1H4;;/q2*-3;;;. The van der Waals surface area contributed by atoms with E-state index in [2.05, 4.69) is 331 Å². The summed E-state index contributed by atoms with van der Waals surface area (Å²) in [5, 5.41) is 7.47. The van der Waals surface area contributed by atoms with Crippen molar-refractivity contribution in [1.82, 2.24) is 19.8 Å². The Hall–Kier alpha value is -7.90. The maximum absolute atomic E-state index is 5.15. The second-order valence-corrected chi connectivity index (χ2v) is 34.4. The number of anilines is 8. The van der Waals surface area contributed by atoms with Gasteiger partial charge in [-0.05, 0) is 119 Å². The quantitative estimate of drug-likeness (QED) is 0.0886. The average Bonchev–Trinajstić information content (AvgIpc) is 0.822. The SMILES string of the molecule is C.CN1C=CN(c2[c-]c(N(c3[c-]c([Si](c4ccccn4)(C(C)(C)C)C(C)(C)C)ccc3)c3ccccc3)ccc2)[CH-]1.CN1C=CN(c2[c-]c(N(c3[c-]c([Si]4(c5ccccn5)c5ccccc5C(C)(C)c5ccccc54)ccc3)c3ccccc3)ccc2)[CH-]1.[Pd].[Pd]. The molecule has 0 radical (unpaired) electrons. The fraction of sp³-hybridized carbons (Fsp3) is 0.179. The first-order valence-corrected chi connectivity index (χ1v) is 33.9. The largest absolute Gasteiger partial charge is 0.510 e. The van der Waals surface area contributed by atoms with Crippen molar-refractivity contribution < 1.29 is 40.8 Å². The number of nitrogens with zero attached hydrogens (tertiary/aromatic N) is 8. The maximum Gasteiger partial charge on any atom is 0.178 e. The summed E-state index contributed by atoms with van der Waals surface area (Å²) in [6.45, 7) is 23.1. The van der Waals surface area contributed by atoms with E-state index in [9.17, 15) is 0 Å². The Labute approximate surface area is 565 Å². The predicted molar refractivity (Wildman–Crippen MR) is 374 cm³/mol. The number of pyridine rings is 2. The normalized spacial score (nSPS) is 14.4. The molecule has 8 nitrogen and oxygen atoms in total. The average molecular weight is 1400 g/mol. The van der Waals surface area contributed by atoms with Crippen LogP contribution in [-0.4, -0.2) is 50.0 Å². The molecule has 13 rings (SSSR count). The number of rotatable bonds is 12. The van der Waals surface area contributed by atoms with Gasteiger partial charge in [0.1, 0.15) is 8.07 Å². The predicted octanol–water partition coefficient (Wildman–Crippen LogP) is 14.8. The van der Waals surface area contributed by atoms with E-state index in [0.717, 1.165) is 50.8 Å². The van der Waals surface area contributed by atoms with E-state index in [-0.39, 0.29) is 63.8 Å². The van der Waals surface area contributed by atoms with Crippen LogP contribution in [0.25, 0.3) is 0 Å². The summed E-state index contributed by atoms with van der Waals surface area (Å²) in [5.41, 5.74) is 10.5. The number of benzene rings is 8. The van der Waals surface area contributed by atoms with Gasteiger partial charge in [-0.3, -0.25) is 9.97 Å². The van der Waals surface area contributed by atoms with Crippen LogP contribution < -0.4 is 51.0 Å². The summed E-state index contributed by atoms with van der Waals surface area (Å²) in [6, 6.07) is 93.1. The Morgan fingerprint density at radius 3 is 1.31 bits per heavy atom. The molecule has 10 aromatic rings. The molecule has 0 unspecified atom stereocenters. The Morgan fingerprint density at radius 1 is 0.444 bits per heavy atom. The minimum atomic E-state index is -2.92. The van der Waals surface area contributed by atoms with E-state index in [1.165, 1.54) is 37.2 Å². The molecule has 3 aliphatic rings. The zero-order chi connectivity index (χ0) is 60.6. The third kappa shape index (κ3) is 12.3. The van der Waals surface area contributed by atoms with Crippen LogP contribution in [0.15, 0.2) is 256 Å². The zero-order valence-electron chi connectivity index (χ0n) is 52.1. The second-order valence-electron chi connectivity index (χ2n) is 25.2. The summed E-state index contributed by atoms with van der Waals surface area (Å²) in [7, 11) is -1.36. The molecule has 0 N–H and O–H groups in total. The van der Waals surface area contributed by atoms with Gasteiger partial charge in [0.15, 0.2) is 8.07 Å². The molecule has 90 heavy (non-hydrogen) atoms. The molecule has 0 atom stereocenters. The van der Waals surface area contributed by atoms with Crippen LogP contribution in [-0.2, 0) is 46.3 Å². The van der Waals surface area contributed by atoms with E-state index in [1.54, 1.807) is 0 Å². The van der Waals surface area contributed by atoms with Crippen molar-refractivity contribution in [2.75, 3.05) is 33.7 Å². The summed E-state index contributed by atoms with van der Waals surface area (Å²) in [6.07, 6.45) is 12.1. The van der Waals surface area contributed by atoms with Crippen molar-refractivity contribution in [2.45, 2.75) is 78.3 Å². The summed E-state index contributed by atoms with van der Waals surface area (Å²) >= 11 is 0. The topological polar surface area (TPSA) is 45.2 Å². The first-order valence-electron chi connectivity index (χ1n) is 29.9. The third-order valence-electron chi connectivity index (χ3n) is 17.3. The molecule has 12 heteroatoms. The molecule has 0 fully saturated rings. The number of fused-ring (bicyclic) bond motifs is 2. The monoisotopic (exact) mass is 1390 g/mol. The van der Waals surface area contributed by atoms with E-state index in [0.29, 0.717) is 0 Å². The van der Waals surface area contributed by atoms with Gasteiger partial charge in [-0.25, -0.2) is 0 Å². The summed E-state index contributed by atoms with van der Waals surface area (Å²) in [5.74, 6) is 0. The second kappa shape index (κ2) is 27.3. The molecule has 0 saturated carbocycles. The van der Waals surface area contributed by atoms with Crippen LogP contribution >= 0.6 is 0 Å². The maximum atomic E-state index is 5.15. The van der Waals surface area contributed by atoms with Gasteiger partial charge in [-0.2, -0.15) is 72.2 Å². The van der Waals surface area contributed by atoms with Crippen molar-refractivity contribution in [3.05, 3.63) is 304 Å². The van der Waals surface area contributed by atoms with Gasteiger partial charge in [0.05, 0.1) is 0 Å². The molecule has 2 aromatic heterocycles. The van der Waals surface area contributed by atoms with E-state index in [1.807, 2.05) is 60.8 Å². The minimum absolute atomic E-state index is 0. The van der Waals surface area contributed by atoms with Crippen LogP contribution in [0.2, 0.25) is 10.1 Å². The summed E-state index contributed by atoms with van der Waals surface area (Å²) < 4.78 is 0. The molecule has 0 spiro atoms. The fourth-order valence-electron chi connectivity index (χ4n) is 13.9. The molecule has 3 aliphatic heterocycles. The van der Waals surface area contributed by atoms with Crippen LogP contribution in [0.5, 0.6) is 0 Å². The van der Waals surface area contributed by atoms with Gasteiger partial charge in [-0.1, -0.05) is 183 Å². The molecule has 5 heterocycles. The van der Waals surface area contributed by atoms with Crippen molar-refractivity contribution in [2.24, 2.45) is 0 Å². The Balaban J connectivity index is 0.000000209. The van der Waals surface area contributed by atoms with Crippen LogP contribution in [0.4, 0.5) is 45.5 Å². The molecule has 8 aromatic carbocycles. The Morgan fingerprint density at radius 2 is 0.867 bits per heavy atom. The van der Waals surface area contributed by atoms with Gasteiger partial charge >= 0.3 is 0 Å². The van der Waals surface area contributed by atoms with Crippen molar-refractivity contribution in [3.63, 3.8) is 0 Å². The molecule has 0 saturated heterocycles. The first-order chi connectivity index (χ1) is 42.0. The number of aromatic nitrogens is 2. The zero-order valence-corrected chi connectivity index (χ0v) is 57.2. The van der Waals surface area contributed by atoms with Crippen molar-refractivity contribution in [1.29, 1.82) is 0 Å². The number of hydrogen-bond donors (Lipinski definition) is 0. The van der Waals surface area contributed by atoms with Gasteiger partial charge in [0, 0.05) is 80.7 Å². The first kappa shape index (κ1) is 66.5. The van der Waals surface area contributed by atoms with Crippen molar-refractivity contribution in [3.8, 4) is 0 Å². The fourth-order valence-corrected chi connectivity index (χ4v) is 26.2. The van der Waals surface area contributed by atoms with E-state index < -0.39 is 16.1 Å². The van der Waals surface area contributed by atoms with Gasteiger partial charge in [-0.15, -0.1) is 59.9 Å². The minimum Gasteiger partial charge on any atom is -0.510 e. The van der Waals surface area contributed by atoms with Gasteiger partial charge < -0.3 is 29.4 Å². The molecular weight excluding hydrogens is 1320 g/mol. The van der Waals surface area contributed by atoms with Crippen molar-refractivity contribution >= 4 is 93.0 Å². The number of hydrogen-bond acceptors (Lipinski definition) is 8. The van der Waals surface area contributed by atoms with E-state index in [4.69, 9.17) is 9.97 Å². The Kier molecular flexibility index (Phi) is 20.2.